The summed E-state index contributed by atoms with van der Waals surface area (Å²) in [4.78, 5) is 14.9. The molecule has 2 heterocycles. The molecule has 10 heteroatoms. The molecule has 1 aromatic rings. The van der Waals surface area contributed by atoms with Crippen LogP contribution in [0.1, 0.15) is 32.1 Å². The minimum Gasteiger partial charge on any atom is -0.338 e. The van der Waals surface area contributed by atoms with E-state index in [4.69, 9.17) is 0 Å². The highest BCUT2D eigenvalue weighted by atomic mass is 32.2. The Morgan fingerprint density at radius 1 is 1.09 bits per heavy atom. The molecule has 2 fully saturated rings. The van der Waals surface area contributed by atoms with Gasteiger partial charge in [-0.2, -0.15) is 4.31 Å². The van der Waals surface area contributed by atoms with Crippen LogP contribution < -0.4 is 0 Å². The van der Waals surface area contributed by atoms with Crippen molar-refractivity contribution in [2.45, 2.75) is 37.6 Å². The van der Waals surface area contributed by atoms with Gasteiger partial charge < -0.3 is 4.90 Å². The number of hydrogen-bond acceptors (Lipinski definition) is 6. The van der Waals surface area contributed by atoms with Crippen LogP contribution in [0.5, 0.6) is 0 Å². The van der Waals surface area contributed by atoms with Gasteiger partial charge in [-0.05, 0) is 23.3 Å². The maximum Gasteiger partial charge on any atom is 0.250 e. The van der Waals surface area contributed by atoms with E-state index in [1.165, 1.54) is 16.9 Å². The third kappa shape index (κ3) is 3.09. The molecule has 0 radical (unpaired) electrons. The van der Waals surface area contributed by atoms with Crippen molar-refractivity contribution in [1.82, 2.24) is 29.4 Å². The van der Waals surface area contributed by atoms with Gasteiger partial charge in [0.25, 0.3) is 5.91 Å². The molecule has 1 aliphatic heterocycles. The van der Waals surface area contributed by atoms with Crippen LogP contribution >= 0.6 is 0 Å². The Labute approximate surface area is 135 Å². The van der Waals surface area contributed by atoms with Crippen LogP contribution in [-0.4, -0.2) is 76.2 Å². The van der Waals surface area contributed by atoms with E-state index >= 15 is 0 Å². The molecule has 1 saturated carbocycles. The van der Waals surface area contributed by atoms with Gasteiger partial charge in [0.05, 0.1) is 6.26 Å². The monoisotopic (exact) mass is 342 g/mol. The maximum absolute atomic E-state index is 13.2. The molecule has 1 amide bonds. The van der Waals surface area contributed by atoms with E-state index in [-0.39, 0.29) is 5.91 Å². The lowest BCUT2D eigenvalue weighted by Crippen LogP contribution is -2.57. The van der Waals surface area contributed by atoms with E-state index < -0.39 is 15.6 Å². The Kier molecular flexibility index (Phi) is 4.37. The third-order valence-electron chi connectivity index (χ3n) is 4.86. The number of nitrogens with zero attached hydrogens (tertiary/aromatic N) is 6. The molecule has 0 aromatic carbocycles. The fraction of sp³-hybridized carbons (Fsp3) is 0.846. The molecule has 128 valence electrons. The number of tetrazole rings is 1. The highest BCUT2D eigenvalue weighted by Crippen LogP contribution is 2.36. The molecular formula is C13H22N6O3S. The van der Waals surface area contributed by atoms with Crippen LogP contribution in [0.2, 0.25) is 0 Å². The molecule has 9 nitrogen and oxygen atoms in total. The lowest BCUT2D eigenvalue weighted by Gasteiger charge is -2.41. The third-order valence-corrected chi connectivity index (χ3v) is 6.16. The Morgan fingerprint density at radius 3 is 2.26 bits per heavy atom. The van der Waals surface area contributed by atoms with Crippen LogP contribution in [-0.2, 0) is 20.4 Å². The smallest absolute Gasteiger partial charge is 0.250 e. The molecule has 0 N–H and O–H groups in total. The van der Waals surface area contributed by atoms with Crippen molar-refractivity contribution < 1.29 is 13.2 Å². The fourth-order valence-electron chi connectivity index (χ4n) is 3.55. The maximum atomic E-state index is 13.2. The zero-order chi connectivity index (χ0) is 16.5. The minimum atomic E-state index is -3.20. The highest BCUT2D eigenvalue weighted by Gasteiger charge is 2.45. The first-order valence-corrected chi connectivity index (χ1v) is 9.76. The molecule has 1 aromatic heterocycles. The first-order chi connectivity index (χ1) is 10.9. The Bertz CT molecular complexity index is 645. The average molecular weight is 342 g/mol. The minimum absolute atomic E-state index is 0.0117. The van der Waals surface area contributed by atoms with Gasteiger partial charge in [-0.15, -0.1) is 5.10 Å². The van der Waals surface area contributed by atoms with Crippen LogP contribution in [0.4, 0.5) is 0 Å². The average Bonchev–Trinajstić information content (AvgIpc) is 3.09. The van der Waals surface area contributed by atoms with E-state index in [0.717, 1.165) is 32.1 Å². The first kappa shape index (κ1) is 16.3. The number of hydrogen-bond donors (Lipinski definition) is 0. The summed E-state index contributed by atoms with van der Waals surface area (Å²) < 4.78 is 26.2. The summed E-state index contributed by atoms with van der Waals surface area (Å²) in [7, 11) is -3.20. The van der Waals surface area contributed by atoms with Gasteiger partial charge in [0.15, 0.2) is 0 Å². The van der Waals surface area contributed by atoms with Crippen LogP contribution in [0.15, 0.2) is 6.33 Å². The van der Waals surface area contributed by atoms with Crippen molar-refractivity contribution in [1.29, 1.82) is 0 Å². The number of carbonyl (C=O) groups excluding carboxylic acids is 1. The topological polar surface area (TPSA) is 101 Å². The second-order valence-corrected chi connectivity index (χ2v) is 8.28. The van der Waals surface area contributed by atoms with Crippen LogP contribution in [0.3, 0.4) is 0 Å². The summed E-state index contributed by atoms with van der Waals surface area (Å²) in [6.45, 7) is 1.51. The Morgan fingerprint density at radius 2 is 1.74 bits per heavy atom. The highest BCUT2D eigenvalue weighted by molar-refractivity contribution is 7.88. The van der Waals surface area contributed by atoms with Gasteiger partial charge in [-0.3, -0.25) is 4.79 Å². The number of aromatic nitrogens is 4. The van der Waals surface area contributed by atoms with Crippen molar-refractivity contribution in [3.8, 4) is 0 Å². The number of piperazine rings is 1. The van der Waals surface area contributed by atoms with Gasteiger partial charge in [-0.1, -0.05) is 19.3 Å². The van der Waals surface area contributed by atoms with E-state index in [2.05, 4.69) is 15.5 Å². The van der Waals surface area contributed by atoms with E-state index in [1.807, 2.05) is 0 Å². The predicted octanol–water partition coefficient (Wildman–Crippen LogP) is -0.564. The predicted molar refractivity (Wildman–Crippen MR) is 81.9 cm³/mol. The van der Waals surface area contributed by atoms with Gasteiger partial charge in [0.2, 0.25) is 10.0 Å². The first-order valence-electron chi connectivity index (χ1n) is 7.91. The van der Waals surface area contributed by atoms with Crippen LogP contribution in [0.25, 0.3) is 0 Å². The van der Waals surface area contributed by atoms with E-state index in [9.17, 15) is 13.2 Å². The number of amides is 1. The molecule has 0 atom stereocenters. The quantitative estimate of drug-likeness (QED) is 0.729. The SMILES string of the molecule is CS(=O)(=O)N1CCN(C(=O)C2(n3cnnn3)CCCCC2)CC1. The lowest BCUT2D eigenvalue weighted by molar-refractivity contribution is -0.144. The molecule has 0 bridgehead atoms. The van der Waals surface area contributed by atoms with E-state index in [1.54, 1.807) is 9.58 Å². The molecular weight excluding hydrogens is 320 g/mol. The lowest BCUT2D eigenvalue weighted by atomic mass is 9.80. The molecule has 0 unspecified atom stereocenters. The molecule has 1 aliphatic carbocycles. The van der Waals surface area contributed by atoms with Crippen LogP contribution in [0, 0.1) is 0 Å². The number of carbonyl (C=O) groups is 1. The van der Waals surface area contributed by atoms with Gasteiger partial charge in [0, 0.05) is 26.2 Å². The molecule has 2 aliphatic rings. The molecule has 0 spiro atoms. The summed E-state index contributed by atoms with van der Waals surface area (Å²) in [5.74, 6) is 0.0117. The molecule has 1 saturated heterocycles. The van der Waals surface area contributed by atoms with Gasteiger partial charge in [0.1, 0.15) is 11.9 Å². The summed E-state index contributed by atoms with van der Waals surface area (Å²) in [6.07, 6.45) is 7.21. The second-order valence-electron chi connectivity index (χ2n) is 6.30. The summed E-state index contributed by atoms with van der Waals surface area (Å²) >= 11 is 0. The van der Waals surface area contributed by atoms with Gasteiger partial charge >= 0.3 is 0 Å². The number of rotatable bonds is 3. The summed E-state index contributed by atoms with van der Waals surface area (Å²) in [6, 6.07) is 0. The second kappa shape index (κ2) is 6.16. The van der Waals surface area contributed by atoms with Crippen molar-refractivity contribution in [2.24, 2.45) is 0 Å². The van der Waals surface area contributed by atoms with Crippen molar-refractivity contribution in [3.05, 3.63) is 6.33 Å². The Balaban J connectivity index is 1.78. The normalized spacial score (nSPS) is 22.9. The van der Waals surface area contributed by atoms with Crippen molar-refractivity contribution >= 4 is 15.9 Å². The summed E-state index contributed by atoms with van der Waals surface area (Å²) in [5, 5.41) is 11.4. The summed E-state index contributed by atoms with van der Waals surface area (Å²) in [5.41, 5.74) is -0.713. The fourth-order valence-corrected chi connectivity index (χ4v) is 4.38. The zero-order valence-corrected chi connectivity index (χ0v) is 14.1. The van der Waals surface area contributed by atoms with Crippen molar-refractivity contribution in [3.63, 3.8) is 0 Å². The van der Waals surface area contributed by atoms with Crippen molar-refractivity contribution in [2.75, 3.05) is 32.4 Å². The van der Waals surface area contributed by atoms with E-state index in [0.29, 0.717) is 26.2 Å². The molecule has 23 heavy (non-hydrogen) atoms. The zero-order valence-electron chi connectivity index (χ0n) is 13.3. The van der Waals surface area contributed by atoms with Gasteiger partial charge in [-0.25, -0.2) is 13.1 Å². The Hall–Kier alpha value is -1.55. The molecule has 3 rings (SSSR count). The standard InChI is InChI=1S/C13H22N6O3S/c1-23(21,22)18-9-7-17(8-10-18)12(20)13(5-3-2-4-6-13)19-11-14-15-16-19/h11H,2-10H2,1H3. The number of sulfonamides is 1. The largest absolute Gasteiger partial charge is 0.338 e.